The second kappa shape index (κ2) is 12.2. The van der Waals surface area contributed by atoms with Crippen LogP contribution in [0.1, 0.15) is 36.1 Å². The van der Waals surface area contributed by atoms with Crippen molar-refractivity contribution in [1.82, 2.24) is 4.57 Å². The van der Waals surface area contributed by atoms with Crippen LogP contribution in [0.15, 0.2) is 93.9 Å². The summed E-state index contributed by atoms with van der Waals surface area (Å²) in [5.74, 6) is 0.337. The number of carbonyl (C=O) groups is 1. The zero-order chi connectivity index (χ0) is 29.8. The van der Waals surface area contributed by atoms with Gasteiger partial charge in [0.1, 0.15) is 6.61 Å². The van der Waals surface area contributed by atoms with Gasteiger partial charge >= 0.3 is 5.97 Å². The summed E-state index contributed by atoms with van der Waals surface area (Å²) in [4.78, 5) is 42.6. The van der Waals surface area contributed by atoms with Gasteiger partial charge in [-0.1, -0.05) is 60.7 Å². The number of allylic oxidation sites excluding steroid dienone is 1. The highest BCUT2D eigenvalue weighted by Crippen LogP contribution is 2.33. The number of hydrogen-bond acceptors (Lipinski definition) is 9. The number of hydrogen-bond donors (Lipinski definition) is 0. The SMILES string of the molecule is CCC1=C(C(=O)OC)[C@@H](c2ccccc2)n2c(s/c(=C/c3cccc(OC)c3OCc3ccc([N+](=O)[O-])cc3)c2=O)=N1. The Hall–Kier alpha value is -5.03. The Kier molecular flexibility index (Phi) is 8.30. The first-order valence-electron chi connectivity index (χ1n) is 13.1. The van der Waals surface area contributed by atoms with Crippen LogP contribution in [0.2, 0.25) is 0 Å². The summed E-state index contributed by atoms with van der Waals surface area (Å²) in [5, 5.41) is 11.0. The molecule has 0 aliphatic carbocycles. The number of nitro benzene ring substituents is 1. The van der Waals surface area contributed by atoms with Gasteiger partial charge in [0.15, 0.2) is 16.3 Å². The van der Waals surface area contributed by atoms with Gasteiger partial charge in [-0.3, -0.25) is 19.5 Å². The number of nitro groups is 1. The average molecular weight is 586 g/mol. The quantitative estimate of drug-likeness (QED) is 0.163. The van der Waals surface area contributed by atoms with Gasteiger partial charge in [0.2, 0.25) is 0 Å². The van der Waals surface area contributed by atoms with Crippen LogP contribution in [0.5, 0.6) is 11.5 Å². The minimum absolute atomic E-state index is 0.0116. The lowest BCUT2D eigenvalue weighted by Crippen LogP contribution is -2.40. The van der Waals surface area contributed by atoms with E-state index < -0.39 is 16.9 Å². The lowest BCUT2D eigenvalue weighted by atomic mass is 9.95. The molecule has 0 saturated heterocycles. The van der Waals surface area contributed by atoms with E-state index in [0.717, 1.165) is 11.1 Å². The smallest absolute Gasteiger partial charge is 0.338 e. The molecule has 0 fully saturated rings. The Labute approximate surface area is 244 Å². The third-order valence-corrected chi connectivity index (χ3v) is 7.79. The number of esters is 1. The molecule has 0 amide bonds. The fourth-order valence-corrected chi connectivity index (χ4v) is 5.80. The summed E-state index contributed by atoms with van der Waals surface area (Å²) in [6, 6.07) is 20.0. The molecule has 3 aromatic carbocycles. The Bertz CT molecular complexity index is 1860. The van der Waals surface area contributed by atoms with E-state index in [9.17, 15) is 19.7 Å². The average Bonchev–Trinajstić information content (AvgIpc) is 3.33. The molecule has 2 heterocycles. The standard InChI is InChI=1S/C31H27N3O7S/c1-4-23-26(30(36)40-3)27(20-9-6-5-7-10-20)33-29(35)25(42-31(33)32-23)17-21-11-8-12-24(39-2)28(21)41-18-19-13-15-22(16-14-19)34(37)38/h5-17,27H,4,18H2,1-3H3/b25-17+/t27-/m1/s1. The first-order valence-corrected chi connectivity index (χ1v) is 13.9. The van der Waals surface area contributed by atoms with Crippen LogP contribution in [-0.2, 0) is 16.1 Å². The van der Waals surface area contributed by atoms with Gasteiger partial charge < -0.3 is 14.2 Å². The molecule has 5 rings (SSSR count). The van der Waals surface area contributed by atoms with Gasteiger partial charge in [-0.25, -0.2) is 9.79 Å². The summed E-state index contributed by atoms with van der Waals surface area (Å²) in [7, 11) is 2.84. The number of aromatic nitrogens is 1. The third kappa shape index (κ3) is 5.46. The second-order valence-electron chi connectivity index (χ2n) is 9.29. The molecule has 1 aliphatic rings. The highest BCUT2D eigenvalue weighted by molar-refractivity contribution is 7.07. The normalized spacial score (nSPS) is 14.6. The Balaban J connectivity index is 1.61. The Morgan fingerprint density at radius 2 is 1.81 bits per heavy atom. The van der Waals surface area contributed by atoms with Crippen LogP contribution < -0.4 is 24.4 Å². The molecular weight excluding hydrogens is 558 g/mol. The van der Waals surface area contributed by atoms with Gasteiger partial charge in [-0.15, -0.1) is 0 Å². The maximum atomic E-state index is 14.0. The van der Waals surface area contributed by atoms with Crippen molar-refractivity contribution in [2.24, 2.45) is 4.99 Å². The van der Waals surface area contributed by atoms with Crippen molar-refractivity contribution in [2.75, 3.05) is 14.2 Å². The van der Waals surface area contributed by atoms with E-state index in [1.165, 1.54) is 42.3 Å². The number of rotatable bonds is 9. The minimum Gasteiger partial charge on any atom is -0.493 e. The van der Waals surface area contributed by atoms with Crippen molar-refractivity contribution in [3.63, 3.8) is 0 Å². The molecule has 0 saturated carbocycles. The highest BCUT2D eigenvalue weighted by Gasteiger charge is 2.33. The molecule has 1 aliphatic heterocycles. The highest BCUT2D eigenvalue weighted by atomic mass is 32.1. The molecule has 0 spiro atoms. The van der Waals surface area contributed by atoms with Crippen molar-refractivity contribution in [3.8, 4) is 11.5 Å². The van der Waals surface area contributed by atoms with E-state index in [-0.39, 0.29) is 17.9 Å². The van der Waals surface area contributed by atoms with Crippen LogP contribution in [0.25, 0.3) is 6.08 Å². The number of ether oxygens (including phenoxy) is 3. The van der Waals surface area contributed by atoms with E-state index in [1.54, 1.807) is 36.4 Å². The van der Waals surface area contributed by atoms with E-state index in [4.69, 9.17) is 19.2 Å². The van der Waals surface area contributed by atoms with Gasteiger partial charge in [0.25, 0.3) is 11.2 Å². The van der Waals surface area contributed by atoms with Crippen molar-refractivity contribution in [3.05, 3.63) is 131 Å². The van der Waals surface area contributed by atoms with Gasteiger partial charge in [0.05, 0.1) is 41.0 Å². The van der Waals surface area contributed by atoms with E-state index >= 15 is 0 Å². The molecule has 0 N–H and O–H groups in total. The molecule has 1 aromatic heterocycles. The Morgan fingerprint density at radius 1 is 1.07 bits per heavy atom. The fraction of sp³-hybridized carbons (Fsp3) is 0.194. The lowest BCUT2D eigenvalue weighted by Gasteiger charge is -2.25. The summed E-state index contributed by atoms with van der Waals surface area (Å²) < 4.78 is 18.7. The number of benzene rings is 3. The molecule has 0 radical (unpaired) electrons. The van der Waals surface area contributed by atoms with Crippen LogP contribution in [-0.4, -0.2) is 29.7 Å². The predicted molar refractivity (Wildman–Crippen MR) is 157 cm³/mol. The molecule has 1 atom stereocenters. The number of carbonyl (C=O) groups excluding carboxylic acids is 1. The molecular formula is C31H27N3O7S. The number of para-hydroxylation sites is 1. The molecule has 4 aromatic rings. The number of nitrogens with zero attached hydrogens (tertiary/aromatic N) is 3. The van der Waals surface area contributed by atoms with Crippen LogP contribution in [0, 0.1) is 10.1 Å². The predicted octanol–water partition coefficient (Wildman–Crippen LogP) is 4.29. The van der Waals surface area contributed by atoms with E-state index in [1.807, 2.05) is 37.3 Å². The molecule has 42 heavy (non-hydrogen) atoms. The van der Waals surface area contributed by atoms with Crippen molar-refractivity contribution in [2.45, 2.75) is 26.0 Å². The van der Waals surface area contributed by atoms with Gasteiger partial charge in [-0.05, 0) is 41.8 Å². The molecule has 0 unspecified atom stereocenters. The molecule has 0 bridgehead atoms. The number of fused-ring (bicyclic) bond motifs is 1. The second-order valence-corrected chi connectivity index (χ2v) is 10.3. The summed E-state index contributed by atoms with van der Waals surface area (Å²) in [6.07, 6.45) is 2.20. The topological polar surface area (TPSA) is 122 Å². The first-order chi connectivity index (χ1) is 20.4. The number of non-ortho nitro benzene ring substituents is 1. The van der Waals surface area contributed by atoms with Crippen LogP contribution in [0.3, 0.4) is 0 Å². The lowest BCUT2D eigenvalue weighted by molar-refractivity contribution is -0.384. The first kappa shape index (κ1) is 28.5. The van der Waals surface area contributed by atoms with E-state index in [0.29, 0.717) is 44.1 Å². The van der Waals surface area contributed by atoms with E-state index in [2.05, 4.69) is 0 Å². The van der Waals surface area contributed by atoms with Crippen molar-refractivity contribution < 1.29 is 23.9 Å². The zero-order valence-electron chi connectivity index (χ0n) is 23.1. The fourth-order valence-electron chi connectivity index (χ4n) is 4.79. The third-order valence-electron chi connectivity index (χ3n) is 6.81. The monoisotopic (exact) mass is 585 g/mol. The maximum absolute atomic E-state index is 14.0. The molecule has 11 heteroatoms. The maximum Gasteiger partial charge on any atom is 0.338 e. The number of methoxy groups -OCH3 is 2. The zero-order valence-corrected chi connectivity index (χ0v) is 23.9. The van der Waals surface area contributed by atoms with Gasteiger partial charge in [0, 0.05) is 17.7 Å². The summed E-state index contributed by atoms with van der Waals surface area (Å²) >= 11 is 1.22. The van der Waals surface area contributed by atoms with Crippen molar-refractivity contribution >= 4 is 29.1 Å². The summed E-state index contributed by atoms with van der Waals surface area (Å²) in [5.41, 5.74) is 2.66. The minimum atomic E-state index is -0.699. The van der Waals surface area contributed by atoms with Crippen molar-refractivity contribution in [1.29, 1.82) is 0 Å². The van der Waals surface area contributed by atoms with Crippen LogP contribution in [0.4, 0.5) is 5.69 Å². The van der Waals surface area contributed by atoms with Gasteiger partial charge in [-0.2, -0.15) is 0 Å². The Morgan fingerprint density at radius 3 is 2.45 bits per heavy atom. The number of thiazole rings is 1. The van der Waals surface area contributed by atoms with Crippen LogP contribution >= 0.6 is 11.3 Å². The molecule has 10 nitrogen and oxygen atoms in total. The molecule has 214 valence electrons. The largest absolute Gasteiger partial charge is 0.493 e. The summed E-state index contributed by atoms with van der Waals surface area (Å²) in [6.45, 7) is 2.03.